The minimum absolute atomic E-state index is 0.0536. The fraction of sp³-hybridized carbons (Fsp3) is 0.250. The summed E-state index contributed by atoms with van der Waals surface area (Å²) in [7, 11) is 1.34. The topological polar surface area (TPSA) is 41.5 Å². The number of hydrogen-bond donors (Lipinski definition) is 2. The molecule has 0 heterocycles. The summed E-state index contributed by atoms with van der Waals surface area (Å²) in [4.78, 5) is 0. The van der Waals surface area contributed by atoms with E-state index < -0.39 is 35.9 Å². The molecule has 0 amide bonds. The van der Waals surface area contributed by atoms with E-state index in [1.165, 1.54) is 19.2 Å². The van der Waals surface area contributed by atoms with Gasteiger partial charge in [-0.05, 0) is 35.4 Å². The van der Waals surface area contributed by atoms with Crippen molar-refractivity contribution in [1.29, 1.82) is 0 Å². The van der Waals surface area contributed by atoms with Gasteiger partial charge in [-0.1, -0.05) is 6.07 Å². The Morgan fingerprint density at radius 3 is 2.22 bits per heavy atom. The highest BCUT2D eigenvalue weighted by Gasteiger charge is 2.17. The van der Waals surface area contributed by atoms with Gasteiger partial charge < -0.3 is 15.2 Å². The highest BCUT2D eigenvalue weighted by Crippen LogP contribution is 2.21. The lowest BCUT2D eigenvalue weighted by molar-refractivity contribution is 0.242. The van der Waals surface area contributed by atoms with Crippen LogP contribution in [0.1, 0.15) is 17.2 Å². The molecular formula is C16H15F4NO2. The van der Waals surface area contributed by atoms with Crippen molar-refractivity contribution in [1.82, 2.24) is 5.32 Å². The van der Waals surface area contributed by atoms with Crippen LogP contribution in [0, 0.1) is 23.3 Å². The minimum Gasteiger partial charge on any atom is -0.494 e. The lowest BCUT2D eigenvalue weighted by Crippen LogP contribution is -2.24. The van der Waals surface area contributed by atoms with Gasteiger partial charge in [0, 0.05) is 6.54 Å². The zero-order valence-electron chi connectivity index (χ0n) is 12.2. The van der Waals surface area contributed by atoms with Gasteiger partial charge in [0.25, 0.3) is 0 Å². The molecule has 0 saturated carbocycles. The highest BCUT2D eigenvalue weighted by molar-refractivity contribution is 5.29. The van der Waals surface area contributed by atoms with Gasteiger partial charge in [-0.15, -0.1) is 0 Å². The van der Waals surface area contributed by atoms with Crippen LogP contribution in [0.5, 0.6) is 5.75 Å². The molecule has 0 spiro atoms. The maximum Gasteiger partial charge on any atom is 0.194 e. The Bertz CT molecular complexity index is 671. The number of ether oxygens (including phenoxy) is 1. The number of halogens is 4. The lowest BCUT2D eigenvalue weighted by atomic mass is 10.1. The summed E-state index contributed by atoms with van der Waals surface area (Å²) in [5.74, 6) is -4.70. The third kappa shape index (κ3) is 4.00. The molecule has 0 aromatic heterocycles. The fourth-order valence-corrected chi connectivity index (χ4v) is 2.13. The van der Waals surface area contributed by atoms with Gasteiger partial charge in [-0.2, -0.15) is 0 Å². The monoisotopic (exact) mass is 329 g/mol. The first-order valence-corrected chi connectivity index (χ1v) is 6.77. The van der Waals surface area contributed by atoms with Crippen LogP contribution in [0.4, 0.5) is 17.6 Å². The zero-order chi connectivity index (χ0) is 17.0. The molecule has 0 aliphatic heterocycles. The predicted octanol–water partition coefficient (Wildman–Crippen LogP) is 3.07. The van der Waals surface area contributed by atoms with E-state index in [2.05, 4.69) is 5.32 Å². The van der Waals surface area contributed by atoms with Crippen molar-refractivity contribution in [2.75, 3.05) is 13.7 Å². The Balaban J connectivity index is 2.12. The summed E-state index contributed by atoms with van der Waals surface area (Å²) >= 11 is 0. The molecule has 0 saturated heterocycles. The number of nitrogens with one attached hydrogen (secondary N) is 1. The largest absolute Gasteiger partial charge is 0.494 e. The summed E-state index contributed by atoms with van der Waals surface area (Å²) < 4.78 is 57.8. The molecule has 0 bridgehead atoms. The van der Waals surface area contributed by atoms with E-state index in [0.717, 1.165) is 12.1 Å². The summed E-state index contributed by atoms with van der Waals surface area (Å²) in [5.41, 5.74) is 0.600. The number of hydrogen-bond acceptors (Lipinski definition) is 3. The van der Waals surface area contributed by atoms with Crippen LogP contribution in [-0.4, -0.2) is 18.8 Å². The van der Waals surface area contributed by atoms with Crippen molar-refractivity contribution >= 4 is 0 Å². The van der Waals surface area contributed by atoms with Gasteiger partial charge in [0.15, 0.2) is 29.0 Å². The maximum atomic E-state index is 13.6. The van der Waals surface area contributed by atoms with Gasteiger partial charge in [0.1, 0.15) is 0 Å². The lowest BCUT2D eigenvalue weighted by Gasteiger charge is -2.17. The third-order valence-corrected chi connectivity index (χ3v) is 3.36. The number of aliphatic hydroxyl groups excluding tert-OH is 1. The number of methoxy groups -OCH3 is 1. The van der Waals surface area contributed by atoms with E-state index in [-0.39, 0.29) is 17.9 Å². The molecule has 3 nitrogen and oxygen atoms in total. The molecule has 2 N–H and O–H groups in total. The van der Waals surface area contributed by atoms with Crippen molar-refractivity contribution in [3.8, 4) is 5.75 Å². The normalized spacial score (nSPS) is 12.3. The van der Waals surface area contributed by atoms with Gasteiger partial charge in [0.05, 0.1) is 19.8 Å². The number of benzene rings is 2. The van der Waals surface area contributed by atoms with Crippen LogP contribution in [0.25, 0.3) is 0 Å². The first kappa shape index (κ1) is 17.2. The zero-order valence-corrected chi connectivity index (χ0v) is 12.2. The quantitative estimate of drug-likeness (QED) is 0.632. The summed E-state index contributed by atoms with van der Waals surface area (Å²) in [5, 5.41) is 12.2. The van der Waals surface area contributed by atoms with E-state index in [4.69, 9.17) is 4.74 Å². The Morgan fingerprint density at radius 1 is 1.04 bits per heavy atom. The first-order valence-electron chi connectivity index (χ1n) is 6.77. The number of rotatable bonds is 6. The van der Waals surface area contributed by atoms with Crippen molar-refractivity contribution in [3.63, 3.8) is 0 Å². The second-order valence-corrected chi connectivity index (χ2v) is 4.88. The van der Waals surface area contributed by atoms with Gasteiger partial charge in [-0.25, -0.2) is 17.6 Å². The first-order chi connectivity index (χ1) is 11.0. The van der Waals surface area contributed by atoms with Crippen molar-refractivity contribution < 1.29 is 27.4 Å². The van der Waals surface area contributed by atoms with Crippen LogP contribution >= 0.6 is 0 Å². The molecule has 7 heteroatoms. The van der Waals surface area contributed by atoms with E-state index in [0.29, 0.717) is 5.56 Å². The van der Waals surface area contributed by atoms with Crippen molar-refractivity contribution in [3.05, 3.63) is 64.7 Å². The average Bonchev–Trinajstić information content (AvgIpc) is 2.53. The summed E-state index contributed by atoms with van der Waals surface area (Å²) in [6, 6.07) is 5.07. The third-order valence-electron chi connectivity index (χ3n) is 3.36. The van der Waals surface area contributed by atoms with E-state index >= 15 is 0 Å². The summed E-state index contributed by atoms with van der Waals surface area (Å²) in [6.45, 7) is -0.337. The van der Waals surface area contributed by atoms with Crippen molar-refractivity contribution in [2.24, 2.45) is 0 Å². The molecule has 0 aliphatic rings. The molecular weight excluding hydrogens is 314 g/mol. The molecule has 1 unspecified atom stereocenters. The van der Waals surface area contributed by atoms with Gasteiger partial charge in [0.2, 0.25) is 0 Å². The van der Waals surface area contributed by atoms with E-state index in [1.807, 2.05) is 0 Å². The van der Waals surface area contributed by atoms with Gasteiger partial charge >= 0.3 is 0 Å². The Morgan fingerprint density at radius 2 is 1.70 bits per heavy atom. The maximum absolute atomic E-state index is 13.6. The number of aliphatic hydroxyl groups is 1. The Kier molecular flexibility index (Phi) is 5.57. The second kappa shape index (κ2) is 7.43. The van der Waals surface area contributed by atoms with E-state index in [9.17, 15) is 22.7 Å². The molecule has 0 aliphatic carbocycles. The van der Waals surface area contributed by atoms with Crippen LogP contribution in [0.2, 0.25) is 0 Å². The Labute approximate surface area is 130 Å². The SMILES string of the molecule is COc1ccc(CNC(CO)c2cc(F)c(F)c(F)c2)cc1F. The molecule has 0 fully saturated rings. The van der Waals surface area contributed by atoms with Gasteiger partial charge in [-0.3, -0.25) is 0 Å². The standard InChI is InChI=1S/C16H15F4NO2/c1-23-15-3-2-9(4-11(15)17)7-21-14(8-22)10-5-12(18)16(20)13(19)6-10/h2-6,14,21-22H,7-8H2,1H3. The minimum atomic E-state index is -1.57. The molecule has 2 aromatic carbocycles. The highest BCUT2D eigenvalue weighted by atomic mass is 19.2. The Hall–Kier alpha value is -2.12. The van der Waals surface area contributed by atoms with Crippen LogP contribution < -0.4 is 10.1 Å². The fourth-order valence-electron chi connectivity index (χ4n) is 2.13. The summed E-state index contributed by atoms with van der Waals surface area (Å²) in [6.07, 6.45) is 0. The van der Waals surface area contributed by atoms with E-state index in [1.54, 1.807) is 6.07 Å². The predicted molar refractivity (Wildman–Crippen MR) is 75.9 cm³/mol. The second-order valence-electron chi connectivity index (χ2n) is 4.88. The molecule has 2 rings (SSSR count). The van der Waals surface area contributed by atoms with Crippen LogP contribution in [0.15, 0.2) is 30.3 Å². The van der Waals surface area contributed by atoms with Crippen molar-refractivity contribution in [2.45, 2.75) is 12.6 Å². The average molecular weight is 329 g/mol. The molecule has 0 radical (unpaired) electrons. The molecule has 124 valence electrons. The van der Waals surface area contributed by atoms with Crippen LogP contribution in [0.3, 0.4) is 0 Å². The smallest absolute Gasteiger partial charge is 0.194 e. The molecule has 1 atom stereocenters. The molecule has 23 heavy (non-hydrogen) atoms. The van der Waals surface area contributed by atoms with Crippen LogP contribution in [-0.2, 0) is 6.54 Å². The molecule has 2 aromatic rings.